The third-order valence-electron chi connectivity index (χ3n) is 4.11. The lowest BCUT2D eigenvalue weighted by Crippen LogP contribution is -2.56. The molecule has 1 aliphatic rings. The zero-order valence-electron chi connectivity index (χ0n) is 13.6. The molecule has 0 saturated carbocycles. The number of aryl methyl sites for hydroxylation is 1. The molecule has 1 heterocycles. The fourth-order valence-corrected chi connectivity index (χ4v) is 2.73. The molecule has 1 atom stereocenters. The smallest absolute Gasteiger partial charge is 0.362 e. The zero-order valence-corrected chi connectivity index (χ0v) is 14.3. The standard InChI is InChI=1S/C18H14ClF3N2O2/c1-11-2-4-13(5-3-11)16(25)24-17(26,18(20,21)22)10-15(23-24)12-6-8-14(19)9-7-12/h2-9,26H,10H2,1H3/t17-/m1/s1. The van der Waals surface area contributed by atoms with Crippen LogP contribution >= 0.6 is 11.6 Å². The Morgan fingerprint density at radius 2 is 1.73 bits per heavy atom. The molecule has 136 valence electrons. The van der Waals surface area contributed by atoms with Gasteiger partial charge in [0.25, 0.3) is 11.6 Å². The van der Waals surface area contributed by atoms with Gasteiger partial charge >= 0.3 is 6.18 Å². The molecule has 26 heavy (non-hydrogen) atoms. The van der Waals surface area contributed by atoms with E-state index in [9.17, 15) is 23.1 Å². The normalized spacial score (nSPS) is 20.2. The van der Waals surface area contributed by atoms with Crippen LogP contribution in [0.3, 0.4) is 0 Å². The molecule has 0 aliphatic carbocycles. The van der Waals surface area contributed by atoms with Crippen LogP contribution in [0.2, 0.25) is 5.02 Å². The second kappa shape index (κ2) is 6.41. The highest BCUT2D eigenvalue weighted by atomic mass is 35.5. The fourth-order valence-electron chi connectivity index (χ4n) is 2.60. The number of amides is 1. The molecule has 1 N–H and O–H groups in total. The lowest BCUT2D eigenvalue weighted by Gasteiger charge is -2.32. The Balaban J connectivity index is 2.03. The molecule has 2 aromatic rings. The molecule has 0 unspecified atom stereocenters. The van der Waals surface area contributed by atoms with Crippen LogP contribution in [0.1, 0.15) is 27.9 Å². The summed E-state index contributed by atoms with van der Waals surface area (Å²) in [5, 5.41) is 14.6. The monoisotopic (exact) mass is 382 g/mol. The van der Waals surface area contributed by atoms with E-state index in [-0.39, 0.29) is 16.3 Å². The molecule has 1 amide bonds. The van der Waals surface area contributed by atoms with Crippen LogP contribution in [0.25, 0.3) is 0 Å². The minimum atomic E-state index is -5.08. The summed E-state index contributed by atoms with van der Waals surface area (Å²) in [5.41, 5.74) is -2.28. The Labute approximate surface area is 152 Å². The van der Waals surface area contributed by atoms with Gasteiger partial charge in [-0.05, 0) is 36.8 Å². The van der Waals surface area contributed by atoms with Crippen molar-refractivity contribution in [3.8, 4) is 0 Å². The van der Waals surface area contributed by atoms with Crippen LogP contribution in [-0.2, 0) is 0 Å². The van der Waals surface area contributed by atoms with Crippen molar-refractivity contribution < 1.29 is 23.1 Å². The summed E-state index contributed by atoms with van der Waals surface area (Å²) in [6, 6.07) is 11.9. The first-order valence-electron chi connectivity index (χ1n) is 7.65. The van der Waals surface area contributed by atoms with Gasteiger partial charge in [0.15, 0.2) is 0 Å². The number of alkyl halides is 3. The van der Waals surface area contributed by atoms with Gasteiger partial charge in [-0.1, -0.05) is 41.4 Å². The quantitative estimate of drug-likeness (QED) is 0.848. The van der Waals surface area contributed by atoms with Crippen molar-refractivity contribution in [2.24, 2.45) is 5.10 Å². The number of hydrogen-bond acceptors (Lipinski definition) is 3. The SMILES string of the molecule is Cc1ccc(C(=O)N2N=C(c3ccc(Cl)cc3)C[C@@]2(O)C(F)(F)F)cc1. The molecule has 3 rings (SSSR count). The van der Waals surface area contributed by atoms with Crippen molar-refractivity contribution in [2.75, 3.05) is 0 Å². The number of halogens is 4. The minimum absolute atomic E-state index is 0.000573. The zero-order chi connectivity index (χ0) is 19.1. The van der Waals surface area contributed by atoms with Crippen molar-refractivity contribution in [3.63, 3.8) is 0 Å². The van der Waals surface area contributed by atoms with E-state index in [1.54, 1.807) is 19.1 Å². The Bertz CT molecular complexity index is 864. The number of rotatable bonds is 2. The van der Waals surface area contributed by atoms with Crippen LogP contribution in [0.4, 0.5) is 13.2 Å². The van der Waals surface area contributed by atoms with Crippen LogP contribution < -0.4 is 0 Å². The molecule has 2 aromatic carbocycles. The molecule has 8 heteroatoms. The molecule has 0 fully saturated rings. The topological polar surface area (TPSA) is 52.9 Å². The number of carbonyl (C=O) groups is 1. The van der Waals surface area contributed by atoms with Gasteiger partial charge in [0, 0.05) is 10.6 Å². The highest BCUT2D eigenvalue weighted by Crippen LogP contribution is 2.42. The molecule has 4 nitrogen and oxygen atoms in total. The van der Waals surface area contributed by atoms with Crippen LogP contribution in [0.15, 0.2) is 53.6 Å². The average molecular weight is 383 g/mol. The largest absolute Gasteiger partial charge is 0.438 e. The second-order valence-corrected chi connectivity index (χ2v) is 6.46. The van der Waals surface area contributed by atoms with Gasteiger partial charge in [0.2, 0.25) is 0 Å². The van der Waals surface area contributed by atoms with Crippen LogP contribution in [0, 0.1) is 6.92 Å². The maximum atomic E-state index is 13.6. The number of nitrogens with zero attached hydrogens (tertiary/aromatic N) is 2. The predicted octanol–water partition coefficient (Wildman–Crippen LogP) is 4.15. The summed E-state index contributed by atoms with van der Waals surface area (Å²) in [5.74, 6) is -1.03. The molecule has 0 spiro atoms. The summed E-state index contributed by atoms with van der Waals surface area (Å²) in [7, 11) is 0. The molecular formula is C18H14ClF3N2O2. The van der Waals surface area contributed by atoms with Gasteiger partial charge in [0.1, 0.15) is 0 Å². The lowest BCUT2D eigenvalue weighted by molar-refractivity contribution is -0.297. The number of hydrazone groups is 1. The number of carbonyl (C=O) groups excluding carboxylic acids is 1. The molecule has 0 aromatic heterocycles. The van der Waals surface area contributed by atoms with Crippen LogP contribution in [0.5, 0.6) is 0 Å². The third kappa shape index (κ3) is 3.20. The van der Waals surface area contributed by atoms with Gasteiger partial charge in [-0.2, -0.15) is 23.3 Å². The van der Waals surface area contributed by atoms with Crippen molar-refractivity contribution in [2.45, 2.75) is 25.2 Å². The Morgan fingerprint density at radius 1 is 1.15 bits per heavy atom. The molecule has 0 bridgehead atoms. The fraction of sp³-hybridized carbons (Fsp3) is 0.222. The molecule has 0 saturated heterocycles. The van der Waals surface area contributed by atoms with E-state index >= 15 is 0 Å². The highest BCUT2D eigenvalue weighted by molar-refractivity contribution is 6.30. The number of hydrogen-bond donors (Lipinski definition) is 1. The Kier molecular flexibility index (Phi) is 4.54. The van der Waals surface area contributed by atoms with E-state index in [1.165, 1.54) is 36.4 Å². The maximum absolute atomic E-state index is 13.6. The van der Waals surface area contributed by atoms with E-state index in [0.29, 0.717) is 10.6 Å². The summed E-state index contributed by atoms with van der Waals surface area (Å²) in [6.45, 7) is 1.78. The first kappa shape index (κ1) is 18.4. The summed E-state index contributed by atoms with van der Waals surface area (Å²) >= 11 is 5.79. The van der Waals surface area contributed by atoms with E-state index < -0.39 is 24.2 Å². The van der Waals surface area contributed by atoms with Gasteiger partial charge in [-0.3, -0.25) is 4.79 Å². The van der Waals surface area contributed by atoms with Gasteiger partial charge in [-0.15, -0.1) is 0 Å². The Morgan fingerprint density at radius 3 is 2.27 bits per heavy atom. The summed E-state index contributed by atoms with van der Waals surface area (Å²) < 4.78 is 40.7. The van der Waals surface area contributed by atoms with Gasteiger partial charge in [0.05, 0.1) is 12.1 Å². The molecule has 0 radical (unpaired) electrons. The minimum Gasteiger partial charge on any atom is -0.362 e. The Hall–Kier alpha value is -2.38. The molecule has 1 aliphatic heterocycles. The first-order chi connectivity index (χ1) is 12.1. The van der Waals surface area contributed by atoms with E-state index in [4.69, 9.17) is 11.6 Å². The first-order valence-corrected chi connectivity index (χ1v) is 8.03. The van der Waals surface area contributed by atoms with Gasteiger partial charge in [-0.25, -0.2) is 0 Å². The summed E-state index contributed by atoms with van der Waals surface area (Å²) in [6.07, 6.45) is -5.94. The van der Waals surface area contributed by atoms with Crippen molar-refractivity contribution in [1.82, 2.24) is 5.01 Å². The lowest BCUT2D eigenvalue weighted by atomic mass is 10.0. The predicted molar refractivity (Wildman–Crippen MR) is 91.0 cm³/mol. The second-order valence-electron chi connectivity index (χ2n) is 6.03. The third-order valence-corrected chi connectivity index (χ3v) is 4.36. The average Bonchev–Trinajstić information content (AvgIpc) is 2.94. The van der Waals surface area contributed by atoms with Crippen LogP contribution in [-0.4, -0.2) is 33.6 Å². The van der Waals surface area contributed by atoms with E-state index in [0.717, 1.165) is 5.56 Å². The van der Waals surface area contributed by atoms with E-state index in [2.05, 4.69) is 5.10 Å². The maximum Gasteiger partial charge on any atom is 0.438 e. The van der Waals surface area contributed by atoms with Gasteiger partial charge < -0.3 is 5.11 Å². The van der Waals surface area contributed by atoms with Crippen molar-refractivity contribution >= 4 is 23.2 Å². The number of aliphatic hydroxyl groups is 1. The number of benzene rings is 2. The van der Waals surface area contributed by atoms with Crippen molar-refractivity contribution in [1.29, 1.82) is 0 Å². The highest BCUT2D eigenvalue weighted by Gasteiger charge is 2.63. The van der Waals surface area contributed by atoms with Crippen molar-refractivity contribution in [3.05, 3.63) is 70.2 Å². The van der Waals surface area contributed by atoms with E-state index in [1.807, 2.05) is 0 Å². The molecular weight excluding hydrogens is 369 g/mol. The summed E-state index contributed by atoms with van der Waals surface area (Å²) in [4.78, 5) is 12.6.